The van der Waals surface area contributed by atoms with Crippen LogP contribution in [-0.2, 0) is 6.54 Å². The molecule has 1 aliphatic heterocycles. The summed E-state index contributed by atoms with van der Waals surface area (Å²) in [6.07, 6.45) is 1.84. The molecule has 3 rings (SSSR count). The van der Waals surface area contributed by atoms with Gasteiger partial charge in [-0.1, -0.05) is 19.1 Å². The van der Waals surface area contributed by atoms with E-state index in [0.29, 0.717) is 12.5 Å². The lowest BCUT2D eigenvalue weighted by Gasteiger charge is -2.34. The number of likely N-dealkylation sites (N-methyl/N-ethyl adjacent to an activating group) is 1. The third-order valence-electron chi connectivity index (χ3n) is 4.76. The number of pyridine rings is 1. The van der Waals surface area contributed by atoms with Crippen LogP contribution in [0.2, 0.25) is 0 Å². The first-order valence-corrected chi connectivity index (χ1v) is 9.31. The molecule has 0 aliphatic carbocycles. The Balaban J connectivity index is 0.00000280. The number of guanidine groups is 1. The highest BCUT2D eigenvalue weighted by atomic mass is 127. The van der Waals surface area contributed by atoms with Crippen molar-refractivity contribution in [2.45, 2.75) is 13.5 Å². The predicted octanol–water partition coefficient (Wildman–Crippen LogP) is 2.78. The molecule has 8 heteroatoms. The number of halogens is 1. The summed E-state index contributed by atoms with van der Waals surface area (Å²) in [5, 5.41) is 3.09. The SMILES string of the molecule is CCN1CCN(c2cc(CN=C(N)Nc3ccccc3OC)ccn2)CC1.I. The second-order valence-corrected chi connectivity index (χ2v) is 6.47. The first kappa shape index (κ1) is 22.2. The number of benzene rings is 1. The number of ether oxygens (including phenoxy) is 1. The molecule has 1 aliphatic rings. The number of methoxy groups -OCH3 is 1. The zero-order chi connectivity index (χ0) is 19.1. The van der Waals surface area contributed by atoms with Gasteiger partial charge in [0.2, 0.25) is 0 Å². The van der Waals surface area contributed by atoms with E-state index in [2.05, 4.69) is 38.1 Å². The normalized spacial score (nSPS) is 15.1. The van der Waals surface area contributed by atoms with E-state index in [-0.39, 0.29) is 24.0 Å². The molecule has 0 radical (unpaired) electrons. The van der Waals surface area contributed by atoms with E-state index in [9.17, 15) is 0 Å². The highest BCUT2D eigenvalue weighted by Crippen LogP contribution is 2.22. The molecule has 2 heterocycles. The molecule has 7 nitrogen and oxygen atoms in total. The van der Waals surface area contributed by atoms with E-state index in [1.165, 1.54) is 0 Å². The van der Waals surface area contributed by atoms with Gasteiger partial charge < -0.3 is 25.6 Å². The summed E-state index contributed by atoms with van der Waals surface area (Å²) in [6, 6.07) is 11.7. The molecule has 2 aromatic rings. The maximum absolute atomic E-state index is 6.04. The highest BCUT2D eigenvalue weighted by Gasteiger charge is 2.16. The first-order valence-electron chi connectivity index (χ1n) is 9.31. The van der Waals surface area contributed by atoms with E-state index in [1.54, 1.807) is 7.11 Å². The molecular formula is C20H29IN6O. The van der Waals surface area contributed by atoms with E-state index >= 15 is 0 Å². The summed E-state index contributed by atoms with van der Waals surface area (Å²) in [4.78, 5) is 13.8. The molecule has 0 unspecified atom stereocenters. The van der Waals surface area contributed by atoms with Crippen LogP contribution in [0.15, 0.2) is 47.6 Å². The molecule has 3 N–H and O–H groups in total. The van der Waals surface area contributed by atoms with Crippen molar-refractivity contribution in [2.24, 2.45) is 10.7 Å². The molecule has 1 aromatic carbocycles. The fourth-order valence-corrected chi connectivity index (χ4v) is 3.13. The Bertz CT molecular complexity index is 777. The van der Waals surface area contributed by atoms with Crippen LogP contribution in [0, 0.1) is 0 Å². The summed E-state index contributed by atoms with van der Waals surface area (Å²) in [6.45, 7) is 7.98. The number of rotatable bonds is 6. The number of nitrogens with two attached hydrogens (primary N) is 1. The van der Waals surface area contributed by atoms with E-state index in [0.717, 1.165) is 55.5 Å². The van der Waals surface area contributed by atoms with Crippen LogP contribution in [0.25, 0.3) is 0 Å². The van der Waals surface area contributed by atoms with Crippen LogP contribution in [0.3, 0.4) is 0 Å². The van der Waals surface area contributed by atoms with Gasteiger partial charge in [0.25, 0.3) is 0 Å². The summed E-state index contributed by atoms with van der Waals surface area (Å²) >= 11 is 0. The minimum Gasteiger partial charge on any atom is -0.495 e. The number of nitrogens with zero attached hydrogens (tertiary/aromatic N) is 4. The number of para-hydroxylation sites is 2. The molecule has 1 saturated heterocycles. The second kappa shape index (κ2) is 11.1. The molecular weight excluding hydrogens is 467 g/mol. The maximum atomic E-state index is 6.04. The van der Waals surface area contributed by atoms with Gasteiger partial charge in [-0.05, 0) is 36.4 Å². The average Bonchev–Trinajstić information content (AvgIpc) is 2.73. The lowest BCUT2D eigenvalue weighted by molar-refractivity contribution is 0.270. The first-order chi connectivity index (χ1) is 13.2. The predicted molar refractivity (Wildman–Crippen MR) is 126 cm³/mol. The van der Waals surface area contributed by atoms with Crippen LogP contribution in [0.4, 0.5) is 11.5 Å². The summed E-state index contributed by atoms with van der Waals surface area (Å²) in [7, 11) is 1.63. The number of aliphatic imine (C=N–C) groups is 1. The number of anilines is 2. The van der Waals surface area contributed by atoms with Gasteiger partial charge in [-0.15, -0.1) is 24.0 Å². The van der Waals surface area contributed by atoms with Gasteiger partial charge >= 0.3 is 0 Å². The summed E-state index contributed by atoms with van der Waals surface area (Å²) in [5.41, 5.74) is 7.92. The fourth-order valence-electron chi connectivity index (χ4n) is 3.13. The smallest absolute Gasteiger partial charge is 0.193 e. The molecule has 1 fully saturated rings. The zero-order valence-electron chi connectivity index (χ0n) is 16.5. The molecule has 28 heavy (non-hydrogen) atoms. The Morgan fingerprint density at radius 1 is 1.21 bits per heavy atom. The standard InChI is InChI=1S/C20H28N6O.HI/c1-3-25-10-12-26(13-11-25)19-14-16(8-9-22-19)15-23-20(21)24-17-6-4-5-7-18(17)27-2;/h4-9,14H,3,10-13,15H2,1-2H3,(H3,21,23,24);1H. The van der Waals surface area contributed by atoms with Crippen molar-refractivity contribution in [2.75, 3.05) is 50.1 Å². The van der Waals surface area contributed by atoms with Crippen molar-refractivity contribution >= 4 is 41.4 Å². The minimum atomic E-state index is 0. The van der Waals surface area contributed by atoms with Crippen LogP contribution >= 0.6 is 24.0 Å². The second-order valence-electron chi connectivity index (χ2n) is 6.47. The van der Waals surface area contributed by atoms with Crippen molar-refractivity contribution in [3.63, 3.8) is 0 Å². The maximum Gasteiger partial charge on any atom is 0.193 e. The highest BCUT2D eigenvalue weighted by molar-refractivity contribution is 14.0. The Morgan fingerprint density at radius 3 is 2.68 bits per heavy atom. The van der Waals surface area contributed by atoms with Crippen molar-refractivity contribution < 1.29 is 4.74 Å². The Morgan fingerprint density at radius 2 is 1.96 bits per heavy atom. The van der Waals surface area contributed by atoms with Crippen molar-refractivity contribution in [3.8, 4) is 5.75 Å². The number of hydrogen-bond donors (Lipinski definition) is 2. The lowest BCUT2D eigenvalue weighted by Crippen LogP contribution is -2.46. The van der Waals surface area contributed by atoms with Gasteiger partial charge in [0, 0.05) is 32.4 Å². The topological polar surface area (TPSA) is 79.0 Å². The van der Waals surface area contributed by atoms with Crippen molar-refractivity contribution in [1.82, 2.24) is 9.88 Å². The third kappa shape index (κ3) is 5.96. The van der Waals surface area contributed by atoms with Gasteiger partial charge in [-0.25, -0.2) is 9.98 Å². The molecule has 0 bridgehead atoms. The third-order valence-corrected chi connectivity index (χ3v) is 4.76. The van der Waals surface area contributed by atoms with E-state index in [1.807, 2.05) is 36.5 Å². The average molecular weight is 496 g/mol. The van der Waals surface area contributed by atoms with Gasteiger partial charge in [-0.2, -0.15) is 0 Å². The van der Waals surface area contributed by atoms with Crippen molar-refractivity contribution in [3.05, 3.63) is 48.2 Å². The van der Waals surface area contributed by atoms with Crippen LogP contribution in [0.1, 0.15) is 12.5 Å². The lowest BCUT2D eigenvalue weighted by atomic mass is 10.2. The Hall–Kier alpha value is -2.07. The molecule has 0 atom stereocenters. The molecule has 0 saturated carbocycles. The van der Waals surface area contributed by atoms with E-state index < -0.39 is 0 Å². The zero-order valence-corrected chi connectivity index (χ0v) is 18.8. The monoisotopic (exact) mass is 496 g/mol. The molecule has 152 valence electrons. The van der Waals surface area contributed by atoms with E-state index in [4.69, 9.17) is 10.5 Å². The Kier molecular flexibility index (Phi) is 8.78. The molecule has 0 amide bonds. The number of piperazine rings is 1. The number of aromatic nitrogens is 1. The number of hydrogen-bond acceptors (Lipinski definition) is 5. The Labute approximate surface area is 184 Å². The van der Waals surface area contributed by atoms with Gasteiger partial charge in [0.05, 0.1) is 19.3 Å². The van der Waals surface area contributed by atoms with Crippen LogP contribution < -0.4 is 20.7 Å². The van der Waals surface area contributed by atoms with Crippen molar-refractivity contribution in [1.29, 1.82) is 0 Å². The largest absolute Gasteiger partial charge is 0.495 e. The quantitative estimate of drug-likeness (QED) is 0.364. The summed E-state index contributed by atoms with van der Waals surface area (Å²) in [5.74, 6) is 2.09. The minimum absolute atomic E-state index is 0. The molecule has 1 aromatic heterocycles. The van der Waals surface area contributed by atoms with Gasteiger partial charge in [0.15, 0.2) is 5.96 Å². The van der Waals surface area contributed by atoms with Crippen LogP contribution in [0.5, 0.6) is 5.75 Å². The fraction of sp³-hybridized carbons (Fsp3) is 0.400. The van der Waals surface area contributed by atoms with Crippen LogP contribution in [-0.4, -0.2) is 55.7 Å². The van der Waals surface area contributed by atoms with Gasteiger partial charge in [-0.3, -0.25) is 0 Å². The summed E-state index contributed by atoms with van der Waals surface area (Å²) < 4.78 is 5.32. The molecule has 0 spiro atoms. The number of nitrogens with one attached hydrogen (secondary N) is 1. The van der Waals surface area contributed by atoms with Gasteiger partial charge in [0.1, 0.15) is 11.6 Å².